The highest BCUT2D eigenvalue weighted by Gasteiger charge is 2.37. The van der Waals surface area contributed by atoms with E-state index in [0.717, 1.165) is 17.7 Å². The Morgan fingerprint density at radius 2 is 1.89 bits per heavy atom. The molecule has 19 heavy (non-hydrogen) atoms. The average Bonchev–Trinajstić information content (AvgIpc) is 3.31. The number of hydrogen-bond acceptors (Lipinski definition) is 3. The fourth-order valence-corrected chi connectivity index (χ4v) is 2.82. The van der Waals surface area contributed by atoms with E-state index in [9.17, 15) is 0 Å². The molecule has 104 valence electrons. The van der Waals surface area contributed by atoms with Gasteiger partial charge in [0.25, 0.3) is 0 Å². The van der Waals surface area contributed by atoms with Crippen LogP contribution >= 0.6 is 0 Å². The van der Waals surface area contributed by atoms with Crippen LogP contribution < -0.4 is 10.5 Å². The molecule has 2 saturated carbocycles. The number of nitrogens with zero attached hydrogens (tertiary/aromatic N) is 1. The predicted octanol–water partition coefficient (Wildman–Crippen LogP) is 2.57. The Bertz CT molecular complexity index is 409. The van der Waals surface area contributed by atoms with E-state index in [0.29, 0.717) is 12.6 Å². The first-order valence-corrected chi connectivity index (χ1v) is 7.41. The molecule has 0 bridgehead atoms. The topological polar surface area (TPSA) is 38.5 Å². The van der Waals surface area contributed by atoms with Gasteiger partial charge in [-0.2, -0.15) is 0 Å². The Kier molecular flexibility index (Phi) is 3.76. The third-order valence-electron chi connectivity index (χ3n) is 4.31. The Morgan fingerprint density at radius 3 is 2.37 bits per heavy atom. The lowest BCUT2D eigenvalue weighted by molar-refractivity contribution is 0.182. The van der Waals surface area contributed by atoms with Crippen LogP contribution in [0.4, 0.5) is 0 Å². The summed E-state index contributed by atoms with van der Waals surface area (Å²) in [6.45, 7) is 1.94. The summed E-state index contributed by atoms with van der Waals surface area (Å²) in [7, 11) is 1.71. The summed E-state index contributed by atoms with van der Waals surface area (Å²) < 4.78 is 5.23. The van der Waals surface area contributed by atoms with E-state index in [-0.39, 0.29) is 0 Å². The summed E-state index contributed by atoms with van der Waals surface area (Å²) in [6.07, 6.45) is 5.50. The van der Waals surface area contributed by atoms with Gasteiger partial charge in [0.1, 0.15) is 5.75 Å². The molecule has 3 heteroatoms. The molecule has 0 amide bonds. The van der Waals surface area contributed by atoms with Gasteiger partial charge in [-0.1, -0.05) is 12.1 Å². The Labute approximate surface area is 115 Å². The van der Waals surface area contributed by atoms with Crippen LogP contribution in [0.2, 0.25) is 0 Å². The maximum atomic E-state index is 6.07. The summed E-state index contributed by atoms with van der Waals surface area (Å²) in [5.74, 6) is 1.84. The Balaban J connectivity index is 1.75. The maximum absolute atomic E-state index is 6.07. The quantitative estimate of drug-likeness (QED) is 0.819. The van der Waals surface area contributed by atoms with Crippen molar-refractivity contribution in [1.82, 2.24) is 4.90 Å². The molecule has 2 aliphatic rings. The molecule has 1 aromatic rings. The third kappa shape index (κ3) is 3.10. The Morgan fingerprint density at radius 1 is 1.21 bits per heavy atom. The highest BCUT2D eigenvalue weighted by atomic mass is 16.5. The van der Waals surface area contributed by atoms with Crippen LogP contribution in [-0.2, 0) is 0 Å². The molecule has 3 nitrogen and oxygen atoms in total. The van der Waals surface area contributed by atoms with Gasteiger partial charge in [-0.25, -0.2) is 0 Å². The van der Waals surface area contributed by atoms with E-state index in [1.165, 1.54) is 37.8 Å². The highest BCUT2D eigenvalue weighted by molar-refractivity contribution is 5.29. The fourth-order valence-electron chi connectivity index (χ4n) is 2.82. The Hall–Kier alpha value is -1.06. The molecule has 0 radical (unpaired) electrons. The molecule has 0 aromatic heterocycles. The second kappa shape index (κ2) is 5.51. The van der Waals surface area contributed by atoms with E-state index >= 15 is 0 Å². The van der Waals surface area contributed by atoms with Crippen LogP contribution in [-0.4, -0.2) is 31.1 Å². The predicted molar refractivity (Wildman–Crippen MR) is 77.2 cm³/mol. The standard InChI is InChI=1S/C16H24N2O/c1-19-15-8-4-13(5-9-15)16(10-17)18(14-6-7-14)11-12-2-3-12/h4-5,8-9,12,14,16H,2-3,6-7,10-11,17H2,1H3. The maximum Gasteiger partial charge on any atom is 0.118 e. The van der Waals surface area contributed by atoms with Crippen molar-refractivity contribution in [2.45, 2.75) is 37.8 Å². The van der Waals surface area contributed by atoms with Gasteiger partial charge in [0.15, 0.2) is 0 Å². The molecule has 0 saturated heterocycles. The smallest absolute Gasteiger partial charge is 0.118 e. The summed E-state index contributed by atoms with van der Waals surface area (Å²) >= 11 is 0. The van der Waals surface area contributed by atoms with Gasteiger partial charge in [-0.15, -0.1) is 0 Å². The van der Waals surface area contributed by atoms with Gasteiger partial charge in [-0.3, -0.25) is 4.90 Å². The van der Waals surface area contributed by atoms with Gasteiger partial charge in [0.2, 0.25) is 0 Å². The SMILES string of the molecule is COc1ccc(C(CN)N(CC2CC2)C2CC2)cc1. The second-order valence-electron chi connectivity index (χ2n) is 5.90. The summed E-state index contributed by atoms with van der Waals surface area (Å²) in [4.78, 5) is 2.65. The lowest BCUT2D eigenvalue weighted by atomic mass is 10.0. The molecule has 1 unspecified atom stereocenters. The molecule has 0 heterocycles. The first-order valence-electron chi connectivity index (χ1n) is 7.41. The van der Waals surface area contributed by atoms with Gasteiger partial charge in [-0.05, 0) is 49.3 Å². The lowest BCUT2D eigenvalue weighted by Gasteiger charge is -2.31. The molecule has 1 aromatic carbocycles. The van der Waals surface area contributed by atoms with E-state index in [1.54, 1.807) is 7.11 Å². The van der Waals surface area contributed by atoms with Crippen LogP contribution in [0.3, 0.4) is 0 Å². The zero-order valence-electron chi connectivity index (χ0n) is 11.7. The van der Waals surface area contributed by atoms with E-state index < -0.39 is 0 Å². The van der Waals surface area contributed by atoms with Crippen LogP contribution in [0.5, 0.6) is 5.75 Å². The van der Waals surface area contributed by atoms with Gasteiger partial charge in [0.05, 0.1) is 7.11 Å². The van der Waals surface area contributed by atoms with Crippen LogP contribution in [0.15, 0.2) is 24.3 Å². The lowest BCUT2D eigenvalue weighted by Crippen LogP contribution is -2.37. The molecule has 2 fully saturated rings. The van der Waals surface area contributed by atoms with Crippen LogP contribution in [0.25, 0.3) is 0 Å². The summed E-state index contributed by atoms with van der Waals surface area (Å²) in [5, 5.41) is 0. The molecule has 1 atom stereocenters. The fraction of sp³-hybridized carbons (Fsp3) is 0.625. The minimum atomic E-state index is 0.374. The van der Waals surface area contributed by atoms with Crippen molar-refractivity contribution in [3.05, 3.63) is 29.8 Å². The van der Waals surface area contributed by atoms with Crippen molar-refractivity contribution in [2.75, 3.05) is 20.2 Å². The summed E-state index contributed by atoms with van der Waals surface area (Å²) in [6, 6.07) is 9.56. The molecular weight excluding hydrogens is 236 g/mol. The third-order valence-corrected chi connectivity index (χ3v) is 4.31. The van der Waals surface area contributed by atoms with Crippen LogP contribution in [0.1, 0.15) is 37.3 Å². The van der Waals surface area contributed by atoms with E-state index in [1.807, 2.05) is 12.1 Å². The number of hydrogen-bond donors (Lipinski definition) is 1. The molecule has 2 aliphatic carbocycles. The molecule has 3 rings (SSSR count). The zero-order valence-corrected chi connectivity index (χ0v) is 11.7. The van der Waals surface area contributed by atoms with Crippen molar-refractivity contribution < 1.29 is 4.74 Å². The van der Waals surface area contributed by atoms with E-state index in [4.69, 9.17) is 10.5 Å². The average molecular weight is 260 g/mol. The van der Waals surface area contributed by atoms with Crippen molar-refractivity contribution in [1.29, 1.82) is 0 Å². The molecule has 0 aliphatic heterocycles. The number of nitrogens with two attached hydrogens (primary N) is 1. The van der Waals surface area contributed by atoms with Gasteiger partial charge >= 0.3 is 0 Å². The largest absolute Gasteiger partial charge is 0.497 e. The first kappa shape index (κ1) is 12.9. The number of ether oxygens (including phenoxy) is 1. The van der Waals surface area contributed by atoms with Crippen molar-refractivity contribution in [3.8, 4) is 5.75 Å². The number of benzene rings is 1. The van der Waals surface area contributed by atoms with Crippen LogP contribution in [0, 0.1) is 5.92 Å². The minimum Gasteiger partial charge on any atom is -0.497 e. The minimum absolute atomic E-state index is 0.374. The van der Waals surface area contributed by atoms with Crippen molar-refractivity contribution in [2.24, 2.45) is 11.7 Å². The normalized spacial score (nSPS) is 20.6. The number of rotatable bonds is 7. The molecular formula is C16H24N2O. The van der Waals surface area contributed by atoms with E-state index in [2.05, 4.69) is 17.0 Å². The number of methoxy groups -OCH3 is 1. The van der Waals surface area contributed by atoms with Crippen molar-refractivity contribution in [3.63, 3.8) is 0 Å². The molecule has 2 N–H and O–H groups in total. The van der Waals surface area contributed by atoms with Crippen molar-refractivity contribution >= 4 is 0 Å². The first-order chi connectivity index (χ1) is 9.31. The zero-order chi connectivity index (χ0) is 13.2. The molecule has 0 spiro atoms. The highest BCUT2D eigenvalue weighted by Crippen LogP contribution is 2.39. The van der Waals surface area contributed by atoms with Gasteiger partial charge in [0, 0.05) is 25.2 Å². The monoisotopic (exact) mass is 260 g/mol. The second-order valence-corrected chi connectivity index (χ2v) is 5.90. The van der Waals surface area contributed by atoms with Gasteiger partial charge < -0.3 is 10.5 Å². The summed E-state index contributed by atoms with van der Waals surface area (Å²) in [5.41, 5.74) is 7.39.